The summed E-state index contributed by atoms with van der Waals surface area (Å²) >= 11 is 0. The van der Waals surface area contributed by atoms with Gasteiger partial charge in [0.15, 0.2) is 0 Å². The largest absolute Gasteiger partial charge is 0.411 e. The van der Waals surface area contributed by atoms with Crippen LogP contribution in [0.15, 0.2) is 0 Å². The van der Waals surface area contributed by atoms with Crippen LogP contribution >= 0.6 is 0 Å². The molecule has 126 valence electrons. The number of halogens is 3. The first-order valence-electron chi connectivity index (χ1n) is 7.98. The molecule has 0 bridgehead atoms. The van der Waals surface area contributed by atoms with Gasteiger partial charge in [-0.25, -0.2) is 0 Å². The van der Waals surface area contributed by atoms with Gasteiger partial charge in [-0.1, -0.05) is 20.8 Å². The third-order valence-corrected chi connectivity index (χ3v) is 4.80. The second-order valence-electron chi connectivity index (χ2n) is 7.44. The zero-order chi connectivity index (χ0) is 16.1. The Bertz CT molecular complexity index is 299. The van der Waals surface area contributed by atoms with E-state index in [-0.39, 0.29) is 6.61 Å². The Hall–Kier alpha value is -0.290. The van der Waals surface area contributed by atoms with Crippen molar-refractivity contribution in [1.82, 2.24) is 0 Å². The van der Waals surface area contributed by atoms with Crippen molar-refractivity contribution in [2.45, 2.75) is 59.1 Å². The second kappa shape index (κ2) is 7.82. The van der Waals surface area contributed by atoms with E-state index in [1.165, 1.54) is 6.42 Å². The zero-order valence-corrected chi connectivity index (χ0v) is 13.5. The van der Waals surface area contributed by atoms with Crippen molar-refractivity contribution < 1.29 is 17.9 Å². The van der Waals surface area contributed by atoms with Crippen LogP contribution in [-0.2, 0) is 4.74 Å². The molecule has 1 aliphatic rings. The zero-order valence-electron chi connectivity index (χ0n) is 13.5. The van der Waals surface area contributed by atoms with Gasteiger partial charge in [0.2, 0.25) is 0 Å². The standard InChI is InChI=1S/C16H30F3NO/c1-15(2,3)14-7-6-13(10-20)12(9-14)5-4-8-21-11-16(17,18)19/h12-14H,4-11,20H2,1-3H3. The van der Waals surface area contributed by atoms with E-state index in [1.54, 1.807) is 0 Å². The molecule has 2 nitrogen and oxygen atoms in total. The number of nitrogens with two attached hydrogens (primary N) is 1. The summed E-state index contributed by atoms with van der Waals surface area (Å²) < 4.78 is 40.7. The van der Waals surface area contributed by atoms with Gasteiger partial charge in [0.05, 0.1) is 0 Å². The van der Waals surface area contributed by atoms with Crippen molar-refractivity contribution in [3.05, 3.63) is 0 Å². The smallest absolute Gasteiger partial charge is 0.372 e. The molecule has 2 N–H and O–H groups in total. The minimum absolute atomic E-state index is 0.188. The highest BCUT2D eigenvalue weighted by Gasteiger charge is 2.35. The average molecular weight is 309 g/mol. The van der Waals surface area contributed by atoms with Gasteiger partial charge >= 0.3 is 6.18 Å². The summed E-state index contributed by atoms with van der Waals surface area (Å²) in [5, 5.41) is 0. The van der Waals surface area contributed by atoms with Gasteiger partial charge in [-0.15, -0.1) is 0 Å². The fourth-order valence-corrected chi connectivity index (χ4v) is 3.41. The molecule has 0 aromatic heterocycles. The van der Waals surface area contributed by atoms with Gasteiger partial charge in [-0.2, -0.15) is 13.2 Å². The lowest BCUT2D eigenvalue weighted by atomic mass is 9.64. The van der Waals surface area contributed by atoms with Crippen LogP contribution in [0.25, 0.3) is 0 Å². The maximum atomic E-state index is 12.0. The lowest BCUT2D eigenvalue weighted by Crippen LogP contribution is -2.35. The molecule has 0 aliphatic heterocycles. The normalized spacial score (nSPS) is 27.9. The maximum absolute atomic E-state index is 12.0. The quantitative estimate of drug-likeness (QED) is 0.739. The molecule has 5 heteroatoms. The lowest BCUT2D eigenvalue weighted by molar-refractivity contribution is -0.174. The van der Waals surface area contributed by atoms with Crippen molar-refractivity contribution in [3.63, 3.8) is 0 Å². The summed E-state index contributed by atoms with van der Waals surface area (Å²) in [5.74, 6) is 1.73. The predicted molar refractivity (Wildman–Crippen MR) is 78.9 cm³/mol. The van der Waals surface area contributed by atoms with Crippen LogP contribution < -0.4 is 5.73 Å². The van der Waals surface area contributed by atoms with Gasteiger partial charge < -0.3 is 10.5 Å². The minimum Gasteiger partial charge on any atom is -0.372 e. The van der Waals surface area contributed by atoms with E-state index in [4.69, 9.17) is 10.5 Å². The molecular weight excluding hydrogens is 279 g/mol. The predicted octanol–water partition coefficient (Wildman–Crippen LogP) is 4.38. The van der Waals surface area contributed by atoms with Crippen molar-refractivity contribution in [2.24, 2.45) is 28.9 Å². The Balaban J connectivity index is 2.35. The summed E-state index contributed by atoms with van der Waals surface area (Å²) in [4.78, 5) is 0. The van der Waals surface area contributed by atoms with Crippen LogP contribution in [0.5, 0.6) is 0 Å². The Morgan fingerprint density at radius 2 is 1.76 bits per heavy atom. The summed E-state index contributed by atoms with van der Waals surface area (Å²) in [6.45, 7) is 6.54. The van der Waals surface area contributed by atoms with E-state index in [0.717, 1.165) is 19.3 Å². The van der Waals surface area contributed by atoms with Gasteiger partial charge in [0.25, 0.3) is 0 Å². The molecule has 1 aliphatic carbocycles. The van der Waals surface area contributed by atoms with Crippen LogP contribution in [0.2, 0.25) is 0 Å². The van der Waals surface area contributed by atoms with E-state index < -0.39 is 12.8 Å². The Kier molecular flexibility index (Phi) is 6.98. The van der Waals surface area contributed by atoms with Gasteiger partial charge in [-0.05, 0) is 61.8 Å². The Morgan fingerprint density at radius 1 is 1.10 bits per heavy atom. The molecule has 3 unspecified atom stereocenters. The maximum Gasteiger partial charge on any atom is 0.411 e. The Labute approximate surface area is 126 Å². The molecule has 0 amide bonds. The number of hydrogen-bond donors (Lipinski definition) is 1. The SMILES string of the molecule is CC(C)(C)C1CCC(CN)C(CCCOCC(F)(F)F)C1. The van der Waals surface area contributed by atoms with Crippen LogP contribution in [0.1, 0.15) is 52.9 Å². The fourth-order valence-electron chi connectivity index (χ4n) is 3.41. The topological polar surface area (TPSA) is 35.2 Å². The van der Waals surface area contributed by atoms with Crippen LogP contribution in [0.4, 0.5) is 13.2 Å². The van der Waals surface area contributed by atoms with Crippen LogP contribution in [-0.4, -0.2) is 25.9 Å². The lowest BCUT2D eigenvalue weighted by Gasteiger charge is -2.41. The first kappa shape index (κ1) is 18.8. The minimum atomic E-state index is -4.22. The summed E-state index contributed by atoms with van der Waals surface area (Å²) in [6.07, 6.45) is 0.895. The third-order valence-electron chi connectivity index (χ3n) is 4.80. The molecule has 0 saturated heterocycles. The first-order valence-corrected chi connectivity index (χ1v) is 7.98. The molecule has 0 aromatic rings. The number of ether oxygens (including phenoxy) is 1. The molecular formula is C16H30F3NO. The highest BCUT2D eigenvalue weighted by molar-refractivity contribution is 4.86. The number of hydrogen-bond acceptors (Lipinski definition) is 2. The van der Waals surface area contributed by atoms with Gasteiger partial charge in [0.1, 0.15) is 6.61 Å². The van der Waals surface area contributed by atoms with Crippen molar-refractivity contribution in [2.75, 3.05) is 19.8 Å². The fraction of sp³-hybridized carbons (Fsp3) is 1.00. The number of alkyl halides is 3. The van der Waals surface area contributed by atoms with E-state index in [0.29, 0.717) is 36.1 Å². The van der Waals surface area contributed by atoms with Crippen LogP contribution in [0.3, 0.4) is 0 Å². The molecule has 3 atom stereocenters. The van der Waals surface area contributed by atoms with Crippen LogP contribution in [0, 0.1) is 23.2 Å². The summed E-state index contributed by atoms with van der Waals surface area (Å²) in [6, 6.07) is 0. The summed E-state index contributed by atoms with van der Waals surface area (Å²) in [7, 11) is 0. The highest BCUT2D eigenvalue weighted by Crippen LogP contribution is 2.43. The van der Waals surface area contributed by atoms with E-state index in [9.17, 15) is 13.2 Å². The van der Waals surface area contributed by atoms with Crippen molar-refractivity contribution >= 4 is 0 Å². The molecule has 0 aromatic carbocycles. The monoisotopic (exact) mass is 309 g/mol. The molecule has 1 saturated carbocycles. The second-order valence-corrected chi connectivity index (χ2v) is 7.44. The average Bonchev–Trinajstić information content (AvgIpc) is 2.35. The molecule has 1 rings (SSSR count). The van der Waals surface area contributed by atoms with E-state index in [2.05, 4.69) is 20.8 Å². The van der Waals surface area contributed by atoms with Gasteiger partial charge in [0, 0.05) is 6.61 Å². The van der Waals surface area contributed by atoms with E-state index >= 15 is 0 Å². The van der Waals surface area contributed by atoms with Crippen molar-refractivity contribution in [3.8, 4) is 0 Å². The van der Waals surface area contributed by atoms with E-state index in [1.807, 2.05) is 0 Å². The molecule has 0 radical (unpaired) electrons. The van der Waals surface area contributed by atoms with Gasteiger partial charge in [-0.3, -0.25) is 0 Å². The molecule has 0 spiro atoms. The van der Waals surface area contributed by atoms with Crippen molar-refractivity contribution in [1.29, 1.82) is 0 Å². The third kappa shape index (κ3) is 7.00. The highest BCUT2D eigenvalue weighted by atomic mass is 19.4. The summed E-state index contributed by atoms with van der Waals surface area (Å²) in [5.41, 5.74) is 6.15. The molecule has 21 heavy (non-hydrogen) atoms. The first-order chi connectivity index (χ1) is 9.63. The Morgan fingerprint density at radius 3 is 2.29 bits per heavy atom. The number of rotatable bonds is 6. The molecule has 0 heterocycles. The molecule has 1 fully saturated rings.